The number of ether oxygens (including phenoxy) is 1. The molecule has 0 saturated heterocycles. The van der Waals surface area contributed by atoms with Crippen LogP contribution in [-0.2, 0) is 4.74 Å². The Bertz CT molecular complexity index is 155. The fourth-order valence-electron chi connectivity index (χ4n) is 0.699. The lowest BCUT2D eigenvalue weighted by atomic mass is 10.1. The molecule has 0 unspecified atom stereocenters. The second-order valence-corrected chi connectivity index (χ2v) is 1.94. The normalized spacial score (nSPS) is 26.9. The number of aliphatic hydroxyl groups is 1. The van der Waals surface area contributed by atoms with E-state index in [1.54, 1.807) is 12.3 Å². The number of rotatable bonds is 1. The standard InChI is InChI=1S/C7H8O2/c1-2-7(8)6-3-4-9-5-6/h1,3-4,6-8H,5H2/t6-,7+/m1/s1. The van der Waals surface area contributed by atoms with Crippen molar-refractivity contribution in [3.63, 3.8) is 0 Å². The molecule has 1 aliphatic rings. The van der Waals surface area contributed by atoms with Gasteiger partial charge in [-0.2, -0.15) is 0 Å². The van der Waals surface area contributed by atoms with Crippen molar-refractivity contribution in [2.24, 2.45) is 5.92 Å². The molecule has 0 fully saturated rings. The van der Waals surface area contributed by atoms with Gasteiger partial charge in [0.25, 0.3) is 0 Å². The van der Waals surface area contributed by atoms with Crippen LogP contribution in [0, 0.1) is 18.3 Å². The van der Waals surface area contributed by atoms with Crippen molar-refractivity contribution in [3.8, 4) is 12.3 Å². The molecule has 1 heterocycles. The zero-order valence-corrected chi connectivity index (χ0v) is 4.95. The van der Waals surface area contributed by atoms with Crippen LogP contribution in [0.25, 0.3) is 0 Å². The van der Waals surface area contributed by atoms with Gasteiger partial charge in [0.15, 0.2) is 0 Å². The van der Waals surface area contributed by atoms with Gasteiger partial charge in [-0.1, -0.05) is 5.92 Å². The van der Waals surface area contributed by atoms with Crippen molar-refractivity contribution >= 4 is 0 Å². The lowest BCUT2D eigenvalue weighted by molar-refractivity contribution is 0.145. The molecule has 2 heteroatoms. The van der Waals surface area contributed by atoms with E-state index in [2.05, 4.69) is 5.92 Å². The van der Waals surface area contributed by atoms with Crippen LogP contribution in [-0.4, -0.2) is 17.8 Å². The van der Waals surface area contributed by atoms with Crippen molar-refractivity contribution < 1.29 is 9.84 Å². The highest BCUT2D eigenvalue weighted by Crippen LogP contribution is 2.11. The fourth-order valence-corrected chi connectivity index (χ4v) is 0.699. The van der Waals surface area contributed by atoms with Gasteiger partial charge in [-0.05, 0) is 6.08 Å². The average molecular weight is 124 g/mol. The molecule has 1 N–H and O–H groups in total. The Balaban J connectivity index is 2.45. The topological polar surface area (TPSA) is 29.5 Å². The predicted octanol–water partition coefficient (Wildman–Crippen LogP) is 0.141. The highest BCUT2D eigenvalue weighted by molar-refractivity contribution is 5.05. The third-order valence-electron chi connectivity index (χ3n) is 1.29. The van der Waals surface area contributed by atoms with E-state index in [4.69, 9.17) is 16.3 Å². The molecule has 0 amide bonds. The molecule has 48 valence electrons. The van der Waals surface area contributed by atoms with Crippen molar-refractivity contribution in [2.75, 3.05) is 6.61 Å². The van der Waals surface area contributed by atoms with Crippen LogP contribution in [0.4, 0.5) is 0 Å². The Morgan fingerprint density at radius 1 is 1.89 bits per heavy atom. The number of aliphatic hydroxyl groups excluding tert-OH is 1. The van der Waals surface area contributed by atoms with Gasteiger partial charge >= 0.3 is 0 Å². The molecule has 0 radical (unpaired) electrons. The first-order chi connectivity index (χ1) is 4.34. The van der Waals surface area contributed by atoms with Gasteiger partial charge in [-0.3, -0.25) is 0 Å². The Morgan fingerprint density at radius 2 is 2.67 bits per heavy atom. The number of terminal acetylenes is 1. The first-order valence-corrected chi connectivity index (χ1v) is 2.77. The van der Waals surface area contributed by atoms with Gasteiger partial charge in [-0.25, -0.2) is 0 Å². The molecule has 9 heavy (non-hydrogen) atoms. The lowest BCUT2D eigenvalue weighted by Gasteiger charge is -2.06. The van der Waals surface area contributed by atoms with Gasteiger partial charge in [-0.15, -0.1) is 6.42 Å². The Hall–Kier alpha value is -0.940. The minimum Gasteiger partial charge on any atom is -0.501 e. The summed E-state index contributed by atoms with van der Waals surface area (Å²) in [5.41, 5.74) is 0. The minimum atomic E-state index is -0.691. The molecule has 0 aromatic carbocycles. The van der Waals surface area contributed by atoms with Gasteiger partial charge in [0.1, 0.15) is 6.10 Å². The molecular formula is C7H8O2. The Kier molecular flexibility index (Phi) is 1.76. The molecule has 0 spiro atoms. The Labute approximate surface area is 54.1 Å². The van der Waals surface area contributed by atoms with E-state index in [1.165, 1.54) is 0 Å². The molecule has 1 rings (SSSR count). The van der Waals surface area contributed by atoms with E-state index in [0.29, 0.717) is 6.61 Å². The highest BCUT2D eigenvalue weighted by Gasteiger charge is 2.17. The van der Waals surface area contributed by atoms with E-state index >= 15 is 0 Å². The van der Waals surface area contributed by atoms with Gasteiger partial charge in [0.2, 0.25) is 0 Å². The third kappa shape index (κ3) is 1.24. The maximum absolute atomic E-state index is 8.99. The first kappa shape index (κ1) is 6.18. The third-order valence-corrected chi connectivity index (χ3v) is 1.29. The smallest absolute Gasteiger partial charge is 0.124 e. The Morgan fingerprint density at radius 3 is 3.11 bits per heavy atom. The first-order valence-electron chi connectivity index (χ1n) is 2.77. The van der Waals surface area contributed by atoms with Crippen LogP contribution in [0.15, 0.2) is 12.3 Å². The average Bonchev–Trinajstić information content (AvgIpc) is 2.37. The molecular weight excluding hydrogens is 116 g/mol. The zero-order chi connectivity index (χ0) is 6.69. The molecule has 2 atom stereocenters. The SMILES string of the molecule is C#C[C@H](O)[C@@H]1C=COC1. The van der Waals surface area contributed by atoms with Gasteiger partial charge < -0.3 is 9.84 Å². The van der Waals surface area contributed by atoms with E-state index in [-0.39, 0.29) is 5.92 Å². The van der Waals surface area contributed by atoms with Crippen LogP contribution in [0.3, 0.4) is 0 Å². The summed E-state index contributed by atoms with van der Waals surface area (Å²) in [4.78, 5) is 0. The minimum absolute atomic E-state index is 0.00463. The molecule has 0 aliphatic carbocycles. The molecule has 0 bridgehead atoms. The van der Waals surface area contributed by atoms with E-state index in [9.17, 15) is 0 Å². The second-order valence-electron chi connectivity index (χ2n) is 1.94. The number of hydrogen-bond donors (Lipinski definition) is 1. The summed E-state index contributed by atoms with van der Waals surface area (Å²) < 4.78 is 4.84. The summed E-state index contributed by atoms with van der Waals surface area (Å²) in [7, 11) is 0. The highest BCUT2D eigenvalue weighted by atomic mass is 16.5. The summed E-state index contributed by atoms with van der Waals surface area (Å²) in [6.45, 7) is 0.505. The second kappa shape index (κ2) is 2.56. The zero-order valence-electron chi connectivity index (χ0n) is 4.95. The van der Waals surface area contributed by atoms with Crippen molar-refractivity contribution in [2.45, 2.75) is 6.10 Å². The quantitative estimate of drug-likeness (QED) is 0.504. The van der Waals surface area contributed by atoms with Crippen LogP contribution in [0.2, 0.25) is 0 Å². The monoisotopic (exact) mass is 124 g/mol. The number of hydrogen-bond acceptors (Lipinski definition) is 2. The fraction of sp³-hybridized carbons (Fsp3) is 0.429. The summed E-state index contributed by atoms with van der Waals surface area (Å²) >= 11 is 0. The summed E-state index contributed by atoms with van der Waals surface area (Å²) in [5.74, 6) is 2.23. The van der Waals surface area contributed by atoms with Gasteiger partial charge in [0, 0.05) is 0 Å². The maximum Gasteiger partial charge on any atom is 0.124 e. The van der Waals surface area contributed by atoms with E-state index in [0.717, 1.165) is 0 Å². The molecule has 1 aliphatic heterocycles. The van der Waals surface area contributed by atoms with Crippen LogP contribution in [0.1, 0.15) is 0 Å². The maximum atomic E-state index is 8.99. The van der Waals surface area contributed by atoms with Crippen molar-refractivity contribution in [1.29, 1.82) is 0 Å². The summed E-state index contributed by atoms with van der Waals surface area (Å²) in [6, 6.07) is 0. The predicted molar refractivity (Wildman–Crippen MR) is 33.4 cm³/mol. The molecule has 0 aromatic rings. The van der Waals surface area contributed by atoms with Crippen LogP contribution >= 0.6 is 0 Å². The van der Waals surface area contributed by atoms with E-state index in [1.807, 2.05) is 0 Å². The molecule has 2 nitrogen and oxygen atoms in total. The molecule has 0 saturated carbocycles. The van der Waals surface area contributed by atoms with Crippen LogP contribution < -0.4 is 0 Å². The van der Waals surface area contributed by atoms with E-state index < -0.39 is 6.10 Å². The lowest BCUT2D eigenvalue weighted by Crippen LogP contribution is -2.17. The van der Waals surface area contributed by atoms with Crippen molar-refractivity contribution in [3.05, 3.63) is 12.3 Å². The summed E-state index contributed by atoms with van der Waals surface area (Å²) in [6.07, 6.45) is 7.60. The van der Waals surface area contributed by atoms with Gasteiger partial charge in [0.05, 0.1) is 18.8 Å². The largest absolute Gasteiger partial charge is 0.501 e. The molecule has 0 aromatic heterocycles. The summed E-state index contributed by atoms with van der Waals surface area (Å²) in [5, 5.41) is 8.99. The van der Waals surface area contributed by atoms with Crippen LogP contribution in [0.5, 0.6) is 0 Å². The van der Waals surface area contributed by atoms with Crippen molar-refractivity contribution in [1.82, 2.24) is 0 Å².